The van der Waals surface area contributed by atoms with Gasteiger partial charge in [0, 0.05) is 29.4 Å². The van der Waals surface area contributed by atoms with Gasteiger partial charge >= 0.3 is 0 Å². The predicted molar refractivity (Wildman–Crippen MR) is 87.9 cm³/mol. The van der Waals surface area contributed by atoms with E-state index in [1.54, 1.807) is 24.5 Å². The van der Waals surface area contributed by atoms with E-state index in [1.807, 2.05) is 32.9 Å². The first-order chi connectivity index (χ1) is 10.5. The second-order valence-electron chi connectivity index (χ2n) is 5.62. The summed E-state index contributed by atoms with van der Waals surface area (Å²) in [6, 6.07) is 7.46. The molecule has 0 aliphatic rings. The molecule has 0 spiro atoms. The van der Waals surface area contributed by atoms with Crippen LogP contribution in [0.4, 0.5) is 5.95 Å². The highest BCUT2D eigenvalue weighted by Crippen LogP contribution is 2.26. The van der Waals surface area contributed by atoms with Gasteiger partial charge < -0.3 is 10.4 Å². The predicted octanol–water partition coefficient (Wildman–Crippen LogP) is 3.53. The van der Waals surface area contributed by atoms with Crippen molar-refractivity contribution in [2.45, 2.75) is 26.8 Å². The third kappa shape index (κ3) is 2.83. The van der Waals surface area contributed by atoms with Crippen LogP contribution in [0.3, 0.4) is 0 Å². The second kappa shape index (κ2) is 5.60. The molecule has 2 aromatic heterocycles. The van der Waals surface area contributed by atoms with Gasteiger partial charge in [0.15, 0.2) is 0 Å². The Morgan fingerprint density at radius 1 is 1.09 bits per heavy atom. The molecule has 0 bridgehead atoms. The summed E-state index contributed by atoms with van der Waals surface area (Å²) in [6.07, 6.45) is 3.54. The van der Waals surface area contributed by atoms with Crippen molar-refractivity contribution in [2.75, 3.05) is 5.32 Å². The summed E-state index contributed by atoms with van der Waals surface area (Å²) in [4.78, 5) is 13.3. The van der Waals surface area contributed by atoms with Crippen molar-refractivity contribution in [3.63, 3.8) is 0 Å². The number of pyridine rings is 1. The maximum atomic E-state index is 9.59. The van der Waals surface area contributed by atoms with Crippen molar-refractivity contribution in [1.82, 2.24) is 15.0 Å². The number of phenolic OH excluding ortho intramolecular Hbond substituents is 1. The SMILES string of the molecule is Cc1cc(-c2cnc(NC(C)C)nc2)nc2ccc(O)cc12. The fraction of sp³-hybridized carbons (Fsp3) is 0.235. The Bertz CT molecular complexity index is 813. The fourth-order valence-corrected chi connectivity index (χ4v) is 2.32. The molecule has 1 aromatic carbocycles. The number of benzene rings is 1. The number of phenols is 1. The quantitative estimate of drug-likeness (QED) is 0.773. The summed E-state index contributed by atoms with van der Waals surface area (Å²) < 4.78 is 0. The molecule has 0 unspecified atom stereocenters. The first kappa shape index (κ1) is 14.3. The number of nitrogens with one attached hydrogen (secondary N) is 1. The minimum absolute atomic E-state index is 0.248. The second-order valence-corrected chi connectivity index (χ2v) is 5.62. The zero-order valence-corrected chi connectivity index (χ0v) is 12.8. The van der Waals surface area contributed by atoms with E-state index >= 15 is 0 Å². The maximum absolute atomic E-state index is 9.59. The van der Waals surface area contributed by atoms with Crippen LogP contribution in [-0.2, 0) is 0 Å². The molecule has 0 atom stereocenters. The third-order valence-corrected chi connectivity index (χ3v) is 3.36. The van der Waals surface area contributed by atoms with E-state index < -0.39 is 0 Å². The van der Waals surface area contributed by atoms with Gasteiger partial charge in [0.2, 0.25) is 5.95 Å². The lowest BCUT2D eigenvalue weighted by atomic mass is 10.1. The summed E-state index contributed by atoms with van der Waals surface area (Å²) in [7, 11) is 0. The molecule has 0 aliphatic carbocycles. The first-order valence-corrected chi connectivity index (χ1v) is 7.22. The number of hydrogen-bond acceptors (Lipinski definition) is 5. The van der Waals surface area contributed by atoms with Crippen molar-refractivity contribution in [3.05, 3.63) is 42.2 Å². The van der Waals surface area contributed by atoms with E-state index in [9.17, 15) is 5.11 Å². The summed E-state index contributed by atoms with van der Waals surface area (Å²) in [5.41, 5.74) is 3.59. The van der Waals surface area contributed by atoms with E-state index in [-0.39, 0.29) is 5.75 Å². The lowest BCUT2D eigenvalue weighted by molar-refractivity contribution is 0.476. The zero-order valence-electron chi connectivity index (χ0n) is 12.8. The molecule has 2 heterocycles. The van der Waals surface area contributed by atoms with Crippen molar-refractivity contribution in [2.24, 2.45) is 0 Å². The highest BCUT2D eigenvalue weighted by atomic mass is 16.3. The molecular formula is C17H18N4O. The normalized spacial score (nSPS) is 11.1. The number of anilines is 1. The number of aromatic nitrogens is 3. The Balaban J connectivity index is 2.01. The van der Waals surface area contributed by atoms with Crippen LogP contribution in [0.25, 0.3) is 22.2 Å². The molecule has 22 heavy (non-hydrogen) atoms. The number of aromatic hydroxyl groups is 1. The highest BCUT2D eigenvalue weighted by molar-refractivity contribution is 5.86. The minimum Gasteiger partial charge on any atom is -0.508 e. The van der Waals surface area contributed by atoms with Crippen LogP contribution in [0, 0.1) is 6.92 Å². The van der Waals surface area contributed by atoms with Gasteiger partial charge in [-0.15, -0.1) is 0 Å². The van der Waals surface area contributed by atoms with E-state index in [0.29, 0.717) is 12.0 Å². The summed E-state index contributed by atoms with van der Waals surface area (Å²) in [5, 5.41) is 13.7. The van der Waals surface area contributed by atoms with Gasteiger partial charge in [-0.05, 0) is 50.6 Å². The van der Waals surface area contributed by atoms with Crippen molar-refractivity contribution in [3.8, 4) is 17.0 Å². The van der Waals surface area contributed by atoms with Crippen LogP contribution in [0.2, 0.25) is 0 Å². The summed E-state index contributed by atoms with van der Waals surface area (Å²) >= 11 is 0. The number of nitrogens with zero attached hydrogens (tertiary/aromatic N) is 3. The fourth-order valence-electron chi connectivity index (χ4n) is 2.32. The Kier molecular flexibility index (Phi) is 3.63. The molecule has 0 aliphatic heterocycles. The molecule has 0 saturated carbocycles. The Labute approximate surface area is 129 Å². The molecule has 3 rings (SSSR count). The molecule has 0 radical (unpaired) electrons. The molecule has 5 nitrogen and oxygen atoms in total. The van der Waals surface area contributed by atoms with Gasteiger partial charge in [-0.2, -0.15) is 0 Å². The smallest absolute Gasteiger partial charge is 0.222 e. The van der Waals surface area contributed by atoms with Crippen molar-refractivity contribution < 1.29 is 5.11 Å². The Morgan fingerprint density at radius 2 is 1.82 bits per heavy atom. The van der Waals surface area contributed by atoms with Crippen molar-refractivity contribution >= 4 is 16.9 Å². The maximum Gasteiger partial charge on any atom is 0.222 e. The van der Waals surface area contributed by atoms with Gasteiger partial charge in [0.05, 0.1) is 11.2 Å². The van der Waals surface area contributed by atoms with Crippen molar-refractivity contribution in [1.29, 1.82) is 0 Å². The topological polar surface area (TPSA) is 70.9 Å². The van der Waals surface area contributed by atoms with Crippen LogP contribution >= 0.6 is 0 Å². The molecule has 2 N–H and O–H groups in total. The Hall–Kier alpha value is -2.69. The van der Waals surface area contributed by atoms with Crippen LogP contribution in [0.1, 0.15) is 19.4 Å². The largest absolute Gasteiger partial charge is 0.508 e. The lowest BCUT2D eigenvalue weighted by Crippen LogP contribution is -2.12. The molecule has 5 heteroatoms. The molecule has 112 valence electrons. The van der Waals surface area contributed by atoms with Gasteiger partial charge in [-0.1, -0.05) is 0 Å². The van der Waals surface area contributed by atoms with Crippen LogP contribution in [0.15, 0.2) is 36.7 Å². The zero-order chi connectivity index (χ0) is 15.7. The van der Waals surface area contributed by atoms with Gasteiger partial charge in [0.25, 0.3) is 0 Å². The molecular weight excluding hydrogens is 276 g/mol. The summed E-state index contributed by atoms with van der Waals surface area (Å²) in [5.74, 6) is 0.860. The van der Waals surface area contributed by atoms with Gasteiger partial charge in [0.1, 0.15) is 5.75 Å². The summed E-state index contributed by atoms with van der Waals surface area (Å²) in [6.45, 7) is 6.09. The van der Waals surface area contributed by atoms with Crippen LogP contribution < -0.4 is 5.32 Å². The monoisotopic (exact) mass is 294 g/mol. The average molecular weight is 294 g/mol. The van der Waals surface area contributed by atoms with E-state index in [2.05, 4.69) is 20.3 Å². The minimum atomic E-state index is 0.248. The van der Waals surface area contributed by atoms with Gasteiger partial charge in [-0.25, -0.2) is 15.0 Å². The van der Waals surface area contributed by atoms with Crippen LogP contribution in [-0.4, -0.2) is 26.1 Å². The van der Waals surface area contributed by atoms with E-state index in [4.69, 9.17) is 0 Å². The highest BCUT2D eigenvalue weighted by Gasteiger charge is 2.07. The average Bonchev–Trinajstić information content (AvgIpc) is 2.48. The van der Waals surface area contributed by atoms with Gasteiger partial charge in [-0.3, -0.25) is 0 Å². The molecule has 3 aromatic rings. The van der Waals surface area contributed by atoms with E-state index in [1.165, 1.54) is 0 Å². The Morgan fingerprint density at radius 3 is 2.50 bits per heavy atom. The lowest BCUT2D eigenvalue weighted by Gasteiger charge is -2.09. The molecule has 0 saturated heterocycles. The third-order valence-electron chi connectivity index (χ3n) is 3.36. The van der Waals surface area contributed by atoms with E-state index in [0.717, 1.165) is 27.7 Å². The number of hydrogen-bond donors (Lipinski definition) is 2. The standard InChI is InChI=1S/C17H18N4O/c1-10(2)20-17-18-8-12(9-19-17)16-6-11(3)14-7-13(22)4-5-15(14)21-16/h4-10,22H,1-3H3,(H,18,19,20). The number of rotatable bonds is 3. The molecule has 0 amide bonds. The number of aryl methyl sites for hydroxylation is 1. The first-order valence-electron chi connectivity index (χ1n) is 7.22. The molecule has 0 fully saturated rings. The van der Waals surface area contributed by atoms with Crippen LogP contribution in [0.5, 0.6) is 5.75 Å². The number of fused-ring (bicyclic) bond motifs is 1.